The molecule has 0 spiro atoms. The lowest BCUT2D eigenvalue weighted by Gasteiger charge is -2.17. The summed E-state index contributed by atoms with van der Waals surface area (Å²) in [6.45, 7) is 0.155. The lowest BCUT2D eigenvalue weighted by Crippen LogP contribution is -2.24. The lowest BCUT2D eigenvalue weighted by molar-refractivity contribution is 0.282. The lowest BCUT2D eigenvalue weighted by atomic mass is 10.2. The fourth-order valence-corrected chi connectivity index (χ4v) is 3.05. The average molecular weight is 329 g/mol. The monoisotopic (exact) mass is 329 g/mol. The largest absolute Gasteiger partial charge is 0.396 e. The van der Waals surface area contributed by atoms with Crippen LogP contribution in [0.5, 0.6) is 0 Å². The van der Waals surface area contributed by atoms with Gasteiger partial charge in [0.2, 0.25) is 0 Å². The molecule has 0 amide bonds. The first-order valence-corrected chi connectivity index (χ1v) is 8.85. The number of aromatic nitrogens is 4. The van der Waals surface area contributed by atoms with Crippen LogP contribution >= 0.6 is 11.8 Å². The third-order valence-corrected chi connectivity index (χ3v) is 4.23. The molecule has 3 rings (SSSR count). The summed E-state index contributed by atoms with van der Waals surface area (Å²) < 4.78 is 1.74. The number of nitrogens with one attached hydrogen (secondary N) is 1. The highest BCUT2D eigenvalue weighted by molar-refractivity contribution is 7.98. The van der Waals surface area contributed by atoms with E-state index in [2.05, 4.69) is 26.9 Å². The molecule has 7 heteroatoms. The molecular formula is C16H19N5OS. The second-order valence-corrected chi connectivity index (χ2v) is 6.10. The number of aliphatic hydroxyl groups excluding tert-OH is 1. The minimum atomic E-state index is 0.155. The number of aliphatic hydroxyl groups is 1. The Balaban J connectivity index is 1.91. The zero-order chi connectivity index (χ0) is 16.1. The number of hydrogen-bond acceptors (Lipinski definition) is 6. The Hall–Kier alpha value is -2.12. The van der Waals surface area contributed by atoms with Gasteiger partial charge < -0.3 is 10.4 Å². The van der Waals surface area contributed by atoms with Gasteiger partial charge in [-0.05, 0) is 24.8 Å². The van der Waals surface area contributed by atoms with Crippen molar-refractivity contribution in [2.45, 2.75) is 12.5 Å². The smallest absolute Gasteiger partial charge is 0.185 e. The summed E-state index contributed by atoms with van der Waals surface area (Å²) >= 11 is 1.74. The molecule has 1 aromatic carbocycles. The number of anilines is 1. The molecule has 0 unspecified atom stereocenters. The topological polar surface area (TPSA) is 75.3 Å². The first-order valence-electron chi connectivity index (χ1n) is 7.46. The highest BCUT2D eigenvalue weighted by atomic mass is 32.2. The molecule has 1 atom stereocenters. The quantitative estimate of drug-likeness (QED) is 0.693. The second kappa shape index (κ2) is 7.43. The van der Waals surface area contributed by atoms with Gasteiger partial charge in [-0.1, -0.05) is 30.3 Å². The summed E-state index contributed by atoms with van der Waals surface area (Å²) in [5.41, 5.74) is 1.68. The Labute approximate surface area is 138 Å². The number of rotatable bonds is 7. The Morgan fingerprint density at radius 2 is 2.00 bits per heavy atom. The summed E-state index contributed by atoms with van der Waals surface area (Å²) in [6.07, 6.45) is 2.74. The van der Waals surface area contributed by atoms with Gasteiger partial charge in [0.05, 0.1) is 0 Å². The highest BCUT2D eigenvalue weighted by Crippen LogP contribution is 2.18. The average Bonchev–Trinajstić information content (AvgIpc) is 2.99. The minimum absolute atomic E-state index is 0.155. The van der Waals surface area contributed by atoms with Crippen LogP contribution in [-0.2, 0) is 0 Å². The van der Waals surface area contributed by atoms with Crippen LogP contribution in [0.25, 0.3) is 17.0 Å². The molecule has 0 aliphatic rings. The molecule has 2 N–H and O–H groups in total. The standard InChI is InChI=1S/C16H19N5OS/c1-23-11-13(9-10-22)17-14-7-8-15-18-19-16(21(15)20-14)12-5-3-2-4-6-12/h2-8,13,22H,9-11H2,1H3,(H,17,20)/t13-/m0/s1. The minimum Gasteiger partial charge on any atom is -0.396 e. The highest BCUT2D eigenvalue weighted by Gasteiger charge is 2.12. The summed E-state index contributed by atoms with van der Waals surface area (Å²) in [7, 11) is 0. The van der Waals surface area contributed by atoms with Crippen molar-refractivity contribution in [2.24, 2.45) is 0 Å². The zero-order valence-corrected chi connectivity index (χ0v) is 13.7. The van der Waals surface area contributed by atoms with E-state index in [0.717, 1.165) is 17.1 Å². The van der Waals surface area contributed by atoms with E-state index < -0.39 is 0 Å². The fraction of sp³-hybridized carbons (Fsp3) is 0.312. The molecule has 3 aromatic rings. The van der Waals surface area contributed by atoms with E-state index in [9.17, 15) is 5.11 Å². The van der Waals surface area contributed by atoms with Gasteiger partial charge in [-0.15, -0.1) is 15.3 Å². The Morgan fingerprint density at radius 3 is 2.74 bits per heavy atom. The molecule has 6 nitrogen and oxygen atoms in total. The van der Waals surface area contributed by atoms with Crippen molar-refractivity contribution in [1.29, 1.82) is 0 Å². The summed E-state index contributed by atoms with van der Waals surface area (Å²) in [5, 5.41) is 25.6. The van der Waals surface area contributed by atoms with Gasteiger partial charge in [-0.25, -0.2) is 0 Å². The van der Waals surface area contributed by atoms with Crippen molar-refractivity contribution in [3.8, 4) is 11.4 Å². The van der Waals surface area contributed by atoms with E-state index in [0.29, 0.717) is 17.9 Å². The van der Waals surface area contributed by atoms with E-state index in [4.69, 9.17) is 0 Å². The van der Waals surface area contributed by atoms with Crippen molar-refractivity contribution < 1.29 is 5.11 Å². The van der Waals surface area contributed by atoms with E-state index in [1.54, 1.807) is 16.3 Å². The second-order valence-electron chi connectivity index (χ2n) is 5.19. The van der Waals surface area contributed by atoms with Gasteiger partial charge in [-0.3, -0.25) is 0 Å². The Kier molecular flexibility index (Phi) is 5.09. The van der Waals surface area contributed by atoms with Crippen LogP contribution in [-0.4, -0.2) is 49.6 Å². The predicted octanol–water partition coefficient (Wildman–Crippen LogP) is 2.32. The molecule has 0 saturated heterocycles. The number of benzene rings is 1. The molecule has 23 heavy (non-hydrogen) atoms. The predicted molar refractivity (Wildman–Crippen MR) is 93.7 cm³/mol. The summed E-state index contributed by atoms with van der Waals surface area (Å²) in [4.78, 5) is 0. The molecule has 0 saturated carbocycles. The van der Waals surface area contributed by atoms with Crippen molar-refractivity contribution in [3.05, 3.63) is 42.5 Å². The van der Waals surface area contributed by atoms with E-state index in [-0.39, 0.29) is 12.6 Å². The SMILES string of the molecule is CSC[C@H](CCO)Nc1ccc2nnc(-c3ccccc3)n2n1. The van der Waals surface area contributed by atoms with Gasteiger partial charge in [0, 0.05) is 24.0 Å². The Bertz CT molecular complexity index is 756. The van der Waals surface area contributed by atoms with Crippen LogP contribution in [0, 0.1) is 0 Å². The first kappa shape index (κ1) is 15.8. The maximum Gasteiger partial charge on any atom is 0.185 e. The molecule has 0 radical (unpaired) electrons. The number of nitrogens with zero attached hydrogens (tertiary/aromatic N) is 4. The third-order valence-electron chi connectivity index (χ3n) is 3.49. The summed E-state index contributed by atoms with van der Waals surface area (Å²) in [5.74, 6) is 2.38. The van der Waals surface area contributed by atoms with Gasteiger partial charge >= 0.3 is 0 Å². The zero-order valence-electron chi connectivity index (χ0n) is 12.9. The van der Waals surface area contributed by atoms with Gasteiger partial charge in [0.1, 0.15) is 5.82 Å². The van der Waals surface area contributed by atoms with Gasteiger partial charge in [-0.2, -0.15) is 16.3 Å². The normalized spacial score (nSPS) is 12.4. The van der Waals surface area contributed by atoms with Gasteiger partial charge in [0.15, 0.2) is 11.5 Å². The molecule has 120 valence electrons. The van der Waals surface area contributed by atoms with Crippen molar-refractivity contribution >= 4 is 23.2 Å². The van der Waals surface area contributed by atoms with Crippen molar-refractivity contribution in [1.82, 2.24) is 19.8 Å². The molecule has 2 heterocycles. The van der Waals surface area contributed by atoms with Crippen LogP contribution in [0.2, 0.25) is 0 Å². The van der Waals surface area contributed by atoms with Crippen molar-refractivity contribution in [3.63, 3.8) is 0 Å². The number of hydrogen-bond donors (Lipinski definition) is 2. The maximum absolute atomic E-state index is 9.18. The van der Waals surface area contributed by atoms with Crippen LogP contribution in [0.4, 0.5) is 5.82 Å². The van der Waals surface area contributed by atoms with Crippen LogP contribution in [0.3, 0.4) is 0 Å². The fourth-order valence-electron chi connectivity index (χ4n) is 2.40. The summed E-state index contributed by atoms with van der Waals surface area (Å²) in [6, 6.07) is 13.8. The molecule has 0 fully saturated rings. The molecule has 0 bridgehead atoms. The number of thioether (sulfide) groups is 1. The molecule has 0 aliphatic heterocycles. The maximum atomic E-state index is 9.18. The van der Waals surface area contributed by atoms with Crippen LogP contribution in [0.1, 0.15) is 6.42 Å². The first-order chi connectivity index (χ1) is 11.3. The molecule has 0 aliphatic carbocycles. The molecule has 2 aromatic heterocycles. The van der Waals surface area contributed by atoms with Crippen molar-refractivity contribution in [2.75, 3.05) is 23.9 Å². The molecular weight excluding hydrogens is 310 g/mol. The number of fused-ring (bicyclic) bond motifs is 1. The Morgan fingerprint density at radius 1 is 1.17 bits per heavy atom. The van der Waals surface area contributed by atoms with E-state index in [1.807, 2.05) is 42.5 Å². The van der Waals surface area contributed by atoms with Crippen LogP contribution in [0.15, 0.2) is 42.5 Å². The third kappa shape index (κ3) is 3.62. The van der Waals surface area contributed by atoms with Gasteiger partial charge in [0.25, 0.3) is 0 Å². The van der Waals surface area contributed by atoms with E-state index in [1.165, 1.54) is 0 Å². The van der Waals surface area contributed by atoms with Crippen LogP contribution < -0.4 is 5.32 Å². The van der Waals surface area contributed by atoms with E-state index >= 15 is 0 Å².